The number of rotatable bonds is 7. The summed E-state index contributed by atoms with van der Waals surface area (Å²) in [5.74, 6) is 0.436. The number of hydrogen-bond acceptors (Lipinski definition) is 4. The summed E-state index contributed by atoms with van der Waals surface area (Å²) >= 11 is 0. The maximum atomic E-state index is 11.3. The van der Waals surface area contributed by atoms with E-state index in [1.54, 1.807) is 6.20 Å². The van der Waals surface area contributed by atoms with Crippen LogP contribution in [0.4, 0.5) is 4.79 Å². The average Bonchev–Trinajstić information content (AvgIpc) is 2.52. The predicted octanol–water partition coefficient (Wildman–Crippen LogP) is 0.788. The maximum Gasteiger partial charge on any atom is 0.312 e. The van der Waals surface area contributed by atoms with Gasteiger partial charge in [-0.2, -0.15) is 0 Å². The van der Waals surface area contributed by atoms with Crippen molar-refractivity contribution in [1.82, 2.24) is 15.6 Å². The lowest BCUT2D eigenvalue weighted by Gasteiger charge is -2.09. The zero-order valence-electron chi connectivity index (χ0n) is 12.0. The molecule has 0 aliphatic heterocycles. The molecule has 2 aromatic rings. The molecule has 7 heteroatoms. The Morgan fingerprint density at radius 2 is 2.00 bits per heavy atom. The number of para-hydroxylation sites is 1. The Hall–Kier alpha value is -2.83. The van der Waals surface area contributed by atoms with Gasteiger partial charge in [-0.1, -0.05) is 18.2 Å². The number of benzene rings is 1. The molecule has 0 aliphatic rings. The quantitative estimate of drug-likeness (QED) is 0.657. The van der Waals surface area contributed by atoms with Crippen molar-refractivity contribution >= 4 is 22.8 Å². The van der Waals surface area contributed by atoms with Gasteiger partial charge in [-0.3, -0.25) is 9.78 Å². The highest BCUT2D eigenvalue weighted by Gasteiger charge is 2.03. The minimum Gasteiger partial charge on any atom is -0.491 e. The van der Waals surface area contributed by atoms with E-state index in [4.69, 9.17) is 10.5 Å². The van der Waals surface area contributed by atoms with Gasteiger partial charge in [0.25, 0.3) is 0 Å². The van der Waals surface area contributed by atoms with Crippen LogP contribution >= 0.6 is 0 Å². The number of fused-ring (bicyclic) bond motifs is 1. The Kier molecular flexibility index (Phi) is 5.53. The SMILES string of the molecule is NC(=O)NCC(=O)NCCCOc1cccc2cccnc12. The molecule has 0 saturated heterocycles. The van der Waals surface area contributed by atoms with Crippen LogP contribution in [0.1, 0.15) is 6.42 Å². The van der Waals surface area contributed by atoms with Crippen molar-refractivity contribution in [2.75, 3.05) is 19.7 Å². The highest BCUT2D eigenvalue weighted by molar-refractivity contribution is 5.84. The molecule has 0 aliphatic carbocycles. The first-order valence-corrected chi connectivity index (χ1v) is 6.93. The number of nitrogens with one attached hydrogen (secondary N) is 2. The fourth-order valence-corrected chi connectivity index (χ4v) is 1.90. The summed E-state index contributed by atoms with van der Waals surface area (Å²) < 4.78 is 5.70. The van der Waals surface area contributed by atoms with Gasteiger partial charge in [0.15, 0.2) is 0 Å². The highest BCUT2D eigenvalue weighted by atomic mass is 16.5. The molecule has 0 spiro atoms. The van der Waals surface area contributed by atoms with E-state index in [0.717, 1.165) is 16.7 Å². The minimum atomic E-state index is -0.720. The zero-order valence-corrected chi connectivity index (χ0v) is 12.0. The minimum absolute atomic E-state index is 0.122. The maximum absolute atomic E-state index is 11.3. The molecule has 0 atom stereocenters. The first-order valence-electron chi connectivity index (χ1n) is 6.93. The second kappa shape index (κ2) is 7.82. The average molecular weight is 302 g/mol. The Bertz CT molecular complexity index is 655. The van der Waals surface area contributed by atoms with E-state index in [1.165, 1.54) is 0 Å². The molecule has 1 aromatic carbocycles. The second-order valence-corrected chi connectivity index (χ2v) is 4.60. The highest BCUT2D eigenvalue weighted by Crippen LogP contribution is 2.22. The van der Waals surface area contributed by atoms with Crippen LogP contribution in [0.25, 0.3) is 10.9 Å². The number of aromatic nitrogens is 1. The smallest absolute Gasteiger partial charge is 0.312 e. The molecule has 0 radical (unpaired) electrons. The van der Waals surface area contributed by atoms with Gasteiger partial charge >= 0.3 is 6.03 Å². The van der Waals surface area contributed by atoms with E-state index >= 15 is 0 Å². The molecular formula is C15H18N4O3. The largest absolute Gasteiger partial charge is 0.491 e. The van der Waals surface area contributed by atoms with Crippen LogP contribution in [0.15, 0.2) is 36.5 Å². The summed E-state index contributed by atoms with van der Waals surface area (Å²) in [5, 5.41) is 5.90. The van der Waals surface area contributed by atoms with E-state index in [0.29, 0.717) is 19.6 Å². The lowest BCUT2D eigenvalue weighted by atomic mass is 10.2. The molecule has 0 bridgehead atoms. The number of hydrogen-bond donors (Lipinski definition) is 3. The van der Waals surface area contributed by atoms with E-state index < -0.39 is 6.03 Å². The van der Waals surface area contributed by atoms with Crippen LogP contribution in [0.2, 0.25) is 0 Å². The number of nitrogens with zero attached hydrogens (tertiary/aromatic N) is 1. The molecule has 0 fully saturated rings. The van der Waals surface area contributed by atoms with Crippen molar-refractivity contribution < 1.29 is 14.3 Å². The number of primary amides is 1. The first-order chi connectivity index (χ1) is 10.7. The lowest BCUT2D eigenvalue weighted by molar-refractivity contribution is -0.120. The van der Waals surface area contributed by atoms with Gasteiger partial charge in [-0.15, -0.1) is 0 Å². The molecule has 3 amide bonds. The number of carbonyl (C=O) groups excluding carboxylic acids is 2. The number of amides is 3. The van der Waals surface area contributed by atoms with Crippen LogP contribution in [0.5, 0.6) is 5.75 Å². The molecule has 1 heterocycles. The topological polar surface area (TPSA) is 106 Å². The van der Waals surface area contributed by atoms with Gasteiger partial charge in [0.1, 0.15) is 11.3 Å². The number of ether oxygens (including phenoxy) is 1. The van der Waals surface area contributed by atoms with E-state index in [9.17, 15) is 9.59 Å². The Labute approximate surface area is 127 Å². The number of carbonyl (C=O) groups is 2. The van der Waals surface area contributed by atoms with Crippen LogP contribution in [-0.2, 0) is 4.79 Å². The summed E-state index contributed by atoms with van der Waals surface area (Å²) in [6.45, 7) is 0.792. The van der Waals surface area contributed by atoms with Crippen LogP contribution in [-0.4, -0.2) is 36.6 Å². The van der Waals surface area contributed by atoms with E-state index in [2.05, 4.69) is 15.6 Å². The molecule has 0 unspecified atom stereocenters. The lowest BCUT2D eigenvalue weighted by Crippen LogP contribution is -2.39. The van der Waals surface area contributed by atoms with Gasteiger partial charge in [0.2, 0.25) is 5.91 Å². The molecule has 0 saturated carbocycles. The van der Waals surface area contributed by atoms with Crippen molar-refractivity contribution in [3.05, 3.63) is 36.5 Å². The molecule has 2 rings (SSSR count). The van der Waals surface area contributed by atoms with Crippen LogP contribution in [0, 0.1) is 0 Å². The monoisotopic (exact) mass is 302 g/mol. The third-order valence-electron chi connectivity index (χ3n) is 2.92. The Morgan fingerprint density at radius 3 is 2.82 bits per heavy atom. The van der Waals surface area contributed by atoms with Gasteiger partial charge < -0.3 is 21.1 Å². The number of urea groups is 1. The Balaban J connectivity index is 1.72. The summed E-state index contributed by atoms with van der Waals surface area (Å²) in [6, 6.07) is 8.88. The van der Waals surface area contributed by atoms with Gasteiger partial charge in [0.05, 0.1) is 13.2 Å². The molecule has 1 aromatic heterocycles. The molecule has 22 heavy (non-hydrogen) atoms. The number of pyridine rings is 1. The fraction of sp³-hybridized carbons (Fsp3) is 0.267. The molecular weight excluding hydrogens is 284 g/mol. The molecule has 7 nitrogen and oxygen atoms in total. The third kappa shape index (κ3) is 4.62. The van der Waals surface area contributed by atoms with Gasteiger partial charge in [-0.25, -0.2) is 4.79 Å². The predicted molar refractivity (Wildman–Crippen MR) is 82.5 cm³/mol. The van der Waals surface area contributed by atoms with E-state index in [1.807, 2.05) is 30.3 Å². The van der Waals surface area contributed by atoms with Crippen molar-refractivity contribution in [2.45, 2.75) is 6.42 Å². The van der Waals surface area contributed by atoms with E-state index in [-0.39, 0.29) is 12.5 Å². The molecule has 116 valence electrons. The zero-order chi connectivity index (χ0) is 15.8. The Morgan fingerprint density at radius 1 is 1.18 bits per heavy atom. The standard InChI is InChI=1S/C15H18N4O3/c16-15(21)19-10-13(20)17-8-3-9-22-12-6-1-4-11-5-2-7-18-14(11)12/h1-2,4-7H,3,8-10H2,(H,17,20)(H3,16,19,21). The van der Waals surface area contributed by atoms with Crippen molar-refractivity contribution in [3.8, 4) is 5.75 Å². The number of nitrogens with two attached hydrogens (primary N) is 1. The first kappa shape index (κ1) is 15.6. The van der Waals surface area contributed by atoms with Crippen molar-refractivity contribution in [3.63, 3.8) is 0 Å². The summed E-state index contributed by atoms with van der Waals surface area (Å²) in [5.41, 5.74) is 5.69. The normalized spacial score (nSPS) is 10.2. The van der Waals surface area contributed by atoms with Gasteiger partial charge in [-0.05, 0) is 18.6 Å². The second-order valence-electron chi connectivity index (χ2n) is 4.60. The van der Waals surface area contributed by atoms with Crippen LogP contribution < -0.4 is 21.1 Å². The summed E-state index contributed by atoms with van der Waals surface area (Å²) in [6.07, 6.45) is 2.37. The summed E-state index contributed by atoms with van der Waals surface area (Å²) in [7, 11) is 0. The summed E-state index contributed by atoms with van der Waals surface area (Å²) in [4.78, 5) is 26.1. The van der Waals surface area contributed by atoms with Crippen LogP contribution in [0.3, 0.4) is 0 Å². The third-order valence-corrected chi connectivity index (χ3v) is 2.92. The van der Waals surface area contributed by atoms with Gasteiger partial charge in [0, 0.05) is 18.1 Å². The fourth-order valence-electron chi connectivity index (χ4n) is 1.90. The van der Waals surface area contributed by atoms with Crippen molar-refractivity contribution in [2.24, 2.45) is 5.73 Å². The van der Waals surface area contributed by atoms with Crippen molar-refractivity contribution in [1.29, 1.82) is 0 Å². The molecule has 4 N–H and O–H groups in total.